The van der Waals surface area contributed by atoms with E-state index in [1.54, 1.807) is 30.0 Å². The van der Waals surface area contributed by atoms with Crippen LogP contribution in [0, 0.1) is 5.82 Å². The number of aromatic amines is 1. The Morgan fingerprint density at radius 1 is 0.900 bits per heavy atom. The maximum Gasteiger partial charge on any atom is 0.272 e. The number of nitrogens with one attached hydrogen (secondary N) is 3. The number of hydrogen-bond acceptors (Lipinski definition) is 4. The number of benzene rings is 3. The van der Waals surface area contributed by atoms with E-state index in [9.17, 15) is 14.0 Å². The molecule has 3 aromatic carbocycles. The van der Waals surface area contributed by atoms with Gasteiger partial charge in [0, 0.05) is 11.3 Å². The summed E-state index contributed by atoms with van der Waals surface area (Å²) in [5.74, 6) is -1.18. The molecule has 0 fully saturated rings. The summed E-state index contributed by atoms with van der Waals surface area (Å²) in [6.45, 7) is 0. The first-order valence-electron chi connectivity index (χ1n) is 9.12. The van der Waals surface area contributed by atoms with E-state index in [4.69, 9.17) is 0 Å². The van der Waals surface area contributed by atoms with E-state index in [0.29, 0.717) is 11.3 Å². The molecule has 6 nitrogen and oxygen atoms in total. The van der Waals surface area contributed by atoms with Gasteiger partial charge in [0.1, 0.15) is 5.82 Å². The molecule has 150 valence electrons. The summed E-state index contributed by atoms with van der Waals surface area (Å²) in [6, 6.07) is 20.4. The average Bonchev–Trinajstić information content (AvgIpc) is 3.19. The van der Waals surface area contributed by atoms with Crippen molar-refractivity contribution >= 4 is 34.6 Å². The molecule has 0 radical (unpaired) electrons. The summed E-state index contributed by atoms with van der Waals surface area (Å²) in [7, 11) is 0. The molecule has 30 heavy (non-hydrogen) atoms. The predicted molar refractivity (Wildman–Crippen MR) is 113 cm³/mol. The van der Waals surface area contributed by atoms with E-state index in [2.05, 4.69) is 20.8 Å². The summed E-state index contributed by atoms with van der Waals surface area (Å²) < 4.78 is 13.6. The molecular formula is C22H17FN4O2S. The Balaban J connectivity index is 1.32. The molecule has 1 heterocycles. The predicted octanol–water partition coefficient (Wildman–Crippen LogP) is 4.07. The van der Waals surface area contributed by atoms with Crippen LogP contribution in [0.5, 0.6) is 0 Å². The van der Waals surface area contributed by atoms with Crippen LogP contribution in [0.1, 0.15) is 26.3 Å². The Morgan fingerprint density at radius 3 is 2.37 bits per heavy atom. The second kappa shape index (κ2) is 8.79. The van der Waals surface area contributed by atoms with Gasteiger partial charge < -0.3 is 4.98 Å². The van der Waals surface area contributed by atoms with Crippen molar-refractivity contribution in [3.8, 4) is 0 Å². The molecule has 0 bridgehead atoms. The van der Waals surface area contributed by atoms with E-state index >= 15 is 0 Å². The van der Waals surface area contributed by atoms with Crippen molar-refractivity contribution in [2.75, 3.05) is 0 Å². The van der Waals surface area contributed by atoms with Gasteiger partial charge in [0.15, 0.2) is 5.16 Å². The first kappa shape index (κ1) is 19.7. The number of para-hydroxylation sites is 2. The van der Waals surface area contributed by atoms with Gasteiger partial charge in [-0.1, -0.05) is 48.2 Å². The highest BCUT2D eigenvalue weighted by Crippen LogP contribution is 2.23. The second-order valence-electron chi connectivity index (χ2n) is 6.43. The number of nitrogens with zero attached hydrogens (tertiary/aromatic N) is 1. The molecule has 0 aliphatic carbocycles. The third-order valence-electron chi connectivity index (χ3n) is 4.37. The number of aromatic nitrogens is 2. The van der Waals surface area contributed by atoms with E-state index in [1.165, 1.54) is 18.2 Å². The summed E-state index contributed by atoms with van der Waals surface area (Å²) in [5, 5.41) is 0.828. The lowest BCUT2D eigenvalue weighted by Crippen LogP contribution is -2.41. The highest BCUT2D eigenvalue weighted by atomic mass is 32.2. The Hall–Kier alpha value is -3.65. The quantitative estimate of drug-likeness (QED) is 0.336. The van der Waals surface area contributed by atoms with Gasteiger partial charge in [0.2, 0.25) is 0 Å². The standard InChI is InChI=1S/C22H17FN4O2S/c23-17-6-2-1-5-16(17)21(29)27-26-20(28)15-11-9-14(10-12-15)13-30-22-24-18-7-3-4-8-19(18)25-22/h1-12H,13H2,(H,24,25)(H,26,28)(H,27,29). The van der Waals surface area contributed by atoms with E-state index in [-0.39, 0.29) is 5.56 Å². The first-order valence-corrected chi connectivity index (χ1v) is 10.1. The molecule has 3 N–H and O–H groups in total. The van der Waals surface area contributed by atoms with Crippen LogP contribution in [0.15, 0.2) is 78.0 Å². The zero-order valence-corrected chi connectivity index (χ0v) is 16.5. The summed E-state index contributed by atoms with van der Waals surface area (Å²) in [6.07, 6.45) is 0. The van der Waals surface area contributed by atoms with Crippen molar-refractivity contribution < 1.29 is 14.0 Å². The lowest BCUT2D eigenvalue weighted by Gasteiger charge is -2.08. The van der Waals surface area contributed by atoms with E-state index < -0.39 is 17.6 Å². The third kappa shape index (κ3) is 4.49. The van der Waals surface area contributed by atoms with Gasteiger partial charge in [-0.15, -0.1) is 0 Å². The van der Waals surface area contributed by atoms with Gasteiger partial charge in [-0.2, -0.15) is 0 Å². The zero-order chi connectivity index (χ0) is 20.9. The molecule has 1 aromatic heterocycles. The van der Waals surface area contributed by atoms with Crippen molar-refractivity contribution in [1.82, 2.24) is 20.8 Å². The fraction of sp³-hybridized carbons (Fsp3) is 0.0455. The van der Waals surface area contributed by atoms with E-state index in [0.717, 1.165) is 21.8 Å². The molecule has 0 saturated heterocycles. The molecule has 8 heteroatoms. The van der Waals surface area contributed by atoms with Crippen LogP contribution in [-0.2, 0) is 5.75 Å². The summed E-state index contributed by atoms with van der Waals surface area (Å²) in [4.78, 5) is 32.0. The topological polar surface area (TPSA) is 86.9 Å². The molecule has 0 saturated carbocycles. The van der Waals surface area contributed by atoms with Crippen LogP contribution in [0.3, 0.4) is 0 Å². The minimum atomic E-state index is -0.722. The number of amides is 2. The number of hydrogen-bond donors (Lipinski definition) is 3. The summed E-state index contributed by atoms with van der Waals surface area (Å²) in [5.41, 5.74) is 7.67. The molecule has 0 aliphatic rings. The monoisotopic (exact) mass is 420 g/mol. The Morgan fingerprint density at radius 2 is 1.60 bits per heavy atom. The summed E-state index contributed by atoms with van der Waals surface area (Å²) >= 11 is 1.57. The molecule has 0 unspecified atom stereocenters. The third-order valence-corrected chi connectivity index (χ3v) is 5.31. The molecule has 0 spiro atoms. The van der Waals surface area contributed by atoms with Gasteiger partial charge in [-0.3, -0.25) is 20.4 Å². The molecule has 4 rings (SSSR count). The van der Waals surface area contributed by atoms with Crippen molar-refractivity contribution in [3.05, 3.63) is 95.3 Å². The van der Waals surface area contributed by atoms with E-state index in [1.807, 2.05) is 36.4 Å². The van der Waals surface area contributed by atoms with Gasteiger partial charge in [-0.05, 0) is 42.0 Å². The van der Waals surface area contributed by atoms with Crippen LogP contribution in [0.2, 0.25) is 0 Å². The van der Waals surface area contributed by atoms with Crippen LogP contribution >= 0.6 is 11.8 Å². The lowest BCUT2D eigenvalue weighted by molar-refractivity contribution is 0.0844. The number of carbonyl (C=O) groups excluding carboxylic acids is 2. The van der Waals surface area contributed by atoms with Gasteiger partial charge in [0.25, 0.3) is 11.8 Å². The Labute approximate surface area is 175 Å². The Kier molecular flexibility index (Phi) is 5.76. The lowest BCUT2D eigenvalue weighted by atomic mass is 10.1. The van der Waals surface area contributed by atoms with Crippen LogP contribution in [0.4, 0.5) is 4.39 Å². The molecule has 4 aromatic rings. The van der Waals surface area contributed by atoms with Gasteiger partial charge in [0.05, 0.1) is 16.6 Å². The number of hydrazine groups is 1. The van der Waals surface area contributed by atoms with Crippen molar-refractivity contribution in [2.45, 2.75) is 10.9 Å². The zero-order valence-electron chi connectivity index (χ0n) is 15.7. The van der Waals surface area contributed by atoms with Crippen LogP contribution < -0.4 is 10.9 Å². The smallest absolute Gasteiger partial charge is 0.272 e. The average molecular weight is 420 g/mol. The number of fused-ring (bicyclic) bond motifs is 1. The number of H-pyrrole nitrogens is 1. The fourth-order valence-corrected chi connectivity index (χ4v) is 3.64. The maximum atomic E-state index is 13.6. The van der Waals surface area contributed by atoms with Gasteiger partial charge >= 0.3 is 0 Å². The SMILES string of the molecule is O=C(NNC(=O)c1ccccc1F)c1ccc(CSc2nc3ccccc3[nH]2)cc1. The second-order valence-corrected chi connectivity index (χ2v) is 7.40. The molecule has 0 atom stereocenters. The molecular weight excluding hydrogens is 403 g/mol. The number of carbonyl (C=O) groups is 2. The largest absolute Gasteiger partial charge is 0.333 e. The van der Waals surface area contributed by atoms with Crippen molar-refractivity contribution in [1.29, 1.82) is 0 Å². The van der Waals surface area contributed by atoms with Crippen molar-refractivity contribution in [3.63, 3.8) is 0 Å². The number of rotatable bonds is 5. The first-order chi connectivity index (χ1) is 14.6. The maximum absolute atomic E-state index is 13.6. The number of thioether (sulfide) groups is 1. The van der Waals surface area contributed by atoms with Crippen LogP contribution in [0.25, 0.3) is 11.0 Å². The van der Waals surface area contributed by atoms with Gasteiger partial charge in [-0.25, -0.2) is 9.37 Å². The Bertz CT molecular complexity index is 1170. The molecule has 2 amide bonds. The highest BCUT2D eigenvalue weighted by molar-refractivity contribution is 7.98. The van der Waals surface area contributed by atoms with Crippen molar-refractivity contribution in [2.24, 2.45) is 0 Å². The minimum absolute atomic E-state index is 0.143. The number of halogens is 1. The highest BCUT2D eigenvalue weighted by Gasteiger charge is 2.12. The normalized spacial score (nSPS) is 10.7. The fourth-order valence-electron chi connectivity index (χ4n) is 2.80. The van der Waals surface area contributed by atoms with Crippen LogP contribution in [-0.4, -0.2) is 21.8 Å². The number of imidazole rings is 1. The minimum Gasteiger partial charge on any atom is -0.333 e. The molecule has 0 aliphatic heterocycles.